The van der Waals surface area contributed by atoms with Gasteiger partial charge in [0.2, 0.25) is 0 Å². The van der Waals surface area contributed by atoms with Crippen molar-refractivity contribution in [1.29, 1.82) is 0 Å². The average Bonchev–Trinajstić information content (AvgIpc) is 2.55. The summed E-state index contributed by atoms with van der Waals surface area (Å²) in [6.45, 7) is 3.91. The summed E-state index contributed by atoms with van der Waals surface area (Å²) in [6, 6.07) is 5.93. The molecule has 3 rings (SSSR count). The number of hydrogen-bond acceptors (Lipinski definition) is 3. The Kier molecular flexibility index (Phi) is 1.92. The second-order valence-electron chi connectivity index (χ2n) is 3.95. The van der Waals surface area contributed by atoms with E-state index in [4.69, 9.17) is 9.15 Å². The SMILES string of the molecule is Cc1coc2cccc(OC3CNC3)c12. The van der Waals surface area contributed by atoms with Crippen molar-refractivity contribution in [2.75, 3.05) is 13.1 Å². The summed E-state index contributed by atoms with van der Waals surface area (Å²) in [5.41, 5.74) is 2.03. The van der Waals surface area contributed by atoms with Crippen molar-refractivity contribution in [3.05, 3.63) is 30.0 Å². The van der Waals surface area contributed by atoms with E-state index in [-0.39, 0.29) is 0 Å². The third-order valence-electron chi connectivity index (χ3n) is 2.78. The number of fused-ring (bicyclic) bond motifs is 1. The first-order valence-electron chi connectivity index (χ1n) is 5.19. The van der Waals surface area contributed by atoms with Gasteiger partial charge < -0.3 is 14.5 Å². The highest BCUT2D eigenvalue weighted by molar-refractivity contribution is 5.87. The number of hydrogen-bond donors (Lipinski definition) is 1. The molecule has 0 amide bonds. The average molecular weight is 203 g/mol. The van der Waals surface area contributed by atoms with Crippen LogP contribution in [0.2, 0.25) is 0 Å². The first kappa shape index (κ1) is 8.80. The number of ether oxygens (including phenoxy) is 1. The van der Waals surface area contributed by atoms with E-state index in [1.807, 2.05) is 25.1 Å². The number of rotatable bonds is 2. The van der Waals surface area contributed by atoms with E-state index in [9.17, 15) is 0 Å². The van der Waals surface area contributed by atoms with E-state index in [1.54, 1.807) is 6.26 Å². The van der Waals surface area contributed by atoms with Gasteiger partial charge in [0.1, 0.15) is 17.4 Å². The van der Waals surface area contributed by atoms with E-state index in [1.165, 1.54) is 0 Å². The van der Waals surface area contributed by atoms with E-state index in [0.717, 1.165) is 35.4 Å². The molecule has 0 bridgehead atoms. The molecular formula is C12H13NO2. The maximum absolute atomic E-state index is 5.88. The minimum absolute atomic E-state index is 0.310. The summed E-state index contributed by atoms with van der Waals surface area (Å²) in [5.74, 6) is 0.935. The zero-order valence-corrected chi connectivity index (χ0v) is 8.62. The monoisotopic (exact) mass is 203 g/mol. The molecule has 1 N–H and O–H groups in total. The predicted octanol–water partition coefficient (Wildman–Crippen LogP) is 2.09. The van der Waals surface area contributed by atoms with Gasteiger partial charge in [-0.05, 0) is 24.6 Å². The van der Waals surface area contributed by atoms with Crippen LogP contribution in [0.1, 0.15) is 5.56 Å². The van der Waals surface area contributed by atoms with Gasteiger partial charge in [0.25, 0.3) is 0 Å². The van der Waals surface area contributed by atoms with E-state index >= 15 is 0 Å². The van der Waals surface area contributed by atoms with Crippen molar-refractivity contribution < 1.29 is 9.15 Å². The fourth-order valence-electron chi connectivity index (χ4n) is 1.83. The zero-order chi connectivity index (χ0) is 10.3. The molecular weight excluding hydrogens is 190 g/mol. The summed E-state index contributed by atoms with van der Waals surface area (Å²) >= 11 is 0. The number of aryl methyl sites for hydroxylation is 1. The minimum Gasteiger partial charge on any atom is -0.487 e. The molecule has 0 aliphatic carbocycles. The van der Waals surface area contributed by atoms with Crippen LogP contribution in [0.4, 0.5) is 0 Å². The van der Waals surface area contributed by atoms with Crippen molar-refractivity contribution in [3.8, 4) is 5.75 Å². The van der Waals surface area contributed by atoms with E-state index < -0.39 is 0 Å². The Hall–Kier alpha value is -1.48. The second-order valence-corrected chi connectivity index (χ2v) is 3.95. The van der Waals surface area contributed by atoms with E-state index in [2.05, 4.69) is 5.32 Å². The van der Waals surface area contributed by atoms with Crippen LogP contribution in [0.5, 0.6) is 5.75 Å². The van der Waals surface area contributed by atoms with Gasteiger partial charge >= 0.3 is 0 Å². The number of benzene rings is 1. The molecule has 1 fully saturated rings. The van der Waals surface area contributed by atoms with Crippen molar-refractivity contribution >= 4 is 11.0 Å². The summed E-state index contributed by atoms with van der Waals surface area (Å²) in [5, 5.41) is 4.29. The lowest BCUT2D eigenvalue weighted by Crippen LogP contribution is -2.50. The molecule has 0 spiro atoms. The smallest absolute Gasteiger partial charge is 0.137 e. The lowest BCUT2D eigenvalue weighted by atomic mass is 10.1. The molecule has 15 heavy (non-hydrogen) atoms. The Morgan fingerprint density at radius 3 is 3.00 bits per heavy atom. The summed E-state index contributed by atoms with van der Waals surface area (Å²) in [4.78, 5) is 0. The molecule has 0 atom stereocenters. The van der Waals surface area contributed by atoms with Crippen LogP contribution in [0.25, 0.3) is 11.0 Å². The van der Waals surface area contributed by atoms with Gasteiger partial charge in [0, 0.05) is 13.1 Å². The largest absolute Gasteiger partial charge is 0.487 e. The maximum Gasteiger partial charge on any atom is 0.137 e. The fourth-order valence-corrected chi connectivity index (χ4v) is 1.83. The van der Waals surface area contributed by atoms with Crippen LogP contribution in [0.3, 0.4) is 0 Å². The third kappa shape index (κ3) is 1.39. The first-order chi connectivity index (χ1) is 7.34. The van der Waals surface area contributed by atoms with Crippen LogP contribution in [0.15, 0.2) is 28.9 Å². The van der Waals surface area contributed by atoms with Crippen LogP contribution in [0, 0.1) is 6.92 Å². The van der Waals surface area contributed by atoms with Gasteiger partial charge in [0.05, 0.1) is 11.6 Å². The Balaban J connectivity index is 2.04. The summed E-state index contributed by atoms with van der Waals surface area (Å²) in [7, 11) is 0. The topological polar surface area (TPSA) is 34.4 Å². The van der Waals surface area contributed by atoms with Crippen molar-refractivity contribution in [3.63, 3.8) is 0 Å². The molecule has 1 aromatic heterocycles. The Morgan fingerprint density at radius 2 is 2.27 bits per heavy atom. The van der Waals surface area contributed by atoms with Crippen molar-refractivity contribution in [1.82, 2.24) is 5.32 Å². The maximum atomic E-state index is 5.88. The second kappa shape index (κ2) is 3.28. The molecule has 3 nitrogen and oxygen atoms in total. The predicted molar refractivity (Wildman–Crippen MR) is 58.2 cm³/mol. The van der Waals surface area contributed by atoms with Crippen molar-refractivity contribution in [2.24, 2.45) is 0 Å². The Bertz CT molecular complexity index is 485. The molecule has 0 radical (unpaired) electrons. The standard InChI is InChI=1S/C12H13NO2/c1-8-7-14-10-3-2-4-11(12(8)10)15-9-5-13-6-9/h2-4,7,9,13H,5-6H2,1H3. The molecule has 1 aliphatic rings. The lowest BCUT2D eigenvalue weighted by molar-refractivity contribution is 0.144. The molecule has 1 aromatic carbocycles. The van der Waals surface area contributed by atoms with Gasteiger partial charge in [0.15, 0.2) is 0 Å². The normalized spacial score (nSPS) is 16.6. The van der Waals surface area contributed by atoms with Crippen LogP contribution >= 0.6 is 0 Å². The van der Waals surface area contributed by atoms with Crippen LogP contribution < -0.4 is 10.1 Å². The van der Waals surface area contributed by atoms with Gasteiger partial charge in [-0.3, -0.25) is 0 Å². The molecule has 1 saturated heterocycles. The lowest BCUT2D eigenvalue weighted by Gasteiger charge is -2.28. The number of furan rings is 1. The van der Waals surface area contributed by atoms with Crippen LogP contribution in [-0.4, -0.2) is 19.2 Å². The Labute approximate surface area is 88.0 Å². The Morgan fingerprint density at radius 1 is 1.40 bits per heavy atom. The highest BCUT2D eigenvalue weighted by Crippen LogP contribution is 2.30. The van der Waals surface area contributed by atoms with Gasteiger partial charge in [-0.2, -0.15) is 0 Å². The molecule has 2 aromatic rings. The molecule has 2 heterocycles. The summed E-state index contributed by atoms with van der Waals surface area (Å²) in [6.07, 6.45) is 2.08. The molecule has 0 saturated carbocycles. The third-order valence-corrected chi connectivity index (χ3v) is 2.78. The van der Waals surface area contributed by atoms with E-state index in [0.29, 0.717) is 6.10 Å². The molecule has 3 heteroatoms. The first-order valence-corrected chi connectivity index (χ1v) is 5.19. The zero-order valence-electron chi connectivity index (χ0n) is 8.62. The summed E-state index contributed by atoms with van der Waals surface area (Å²) < 4.78 is 11.3. The quantitative estimate of drug-likeness (QED) is 0.811. The van der Waals surface area contributed by atoms with Crippen molar-refractivity contribution in [2.45, 2.75) is 13.0 Å². The molecule has 1 aliphatic heterocycles. The fraction of sp³-hybridized carbons (Fsp3) is 0.333. The minimum atomic E-state index is 0.310. The highest BCUT2D eigenvalue weighted by atomic mass is 16.5. The van der Waals surface area contributed by atoms with Gasteiger partial charge in [-0.1, -0.05) is 6.07 Å². The van der Waals surface area contributed by atoms with Crippen LogP contribution in [-0.2, 0) is 0 Å². The van der Waals surface area contributed by atoms with Gasteiger partial charge in [-0.25, -0.2) is 0 Å². The number of nitrogens with one attached hydrogen (secondary N) is 1. The van der Waals surface area contributed by atoms with Gasteiger partial charge in [-0.15, -0.1) is 0 Å². The molecule has 0 unspecified atom stereocenters. The highest BCUT2D eigenvalue weighted by Gasteiger charge is 2.20. The molecule has 78 valence electrons.